The van der Waals surface area contributed by atoms with Gasteiger partial charge in [-0.3, -0.25) is 4.98 Å². The Kier molecular flexibility index (Phi) is 4.71. The Hall–Kier alpha value is -2.36. The average Bonchev–Trinajstić information content (AvgIpc) is 2.52. The molecule has 2 rings (SSSR count). The van der Waals surface area contributed by atoms with E-state index in [-0.39, 0.29) is 5.97 Å². The molecule has 4 heteroatoms. The first-order chi connectivity index (χ1) is 9.72. The van der Waals surface area contributed by atoms with Gasteiger partial charge in [-0.05, 0) is 24.3 Å². The number of ether oxygens (including phenoxy) is 1. The van der Waals surface area contributed by atoms with Crippen LogP contribution >= 0.6 is 0 Å². The predicted octanol–water partition coefficient (Wildman–Crippen LogP) is 2.55. The maximum atomic E-state index is 11.8. The van der Waals surface area contributed by atoms with Gasteiger partial charge in [-0.1, -0.05) is 18.2 Å². The zero-order valence-electron chi connectivity index (χ0n) is 11.7. The normalized spacial score (nSPS) is 10.1. The molecule has 0 aliphatic rings. The molecule has 4 nitrogen and oxygen atoms in total. The minimum absolute atomic E-state index is 0.315. The fourth-order valence-corrected chi connectivity index (χ4v) is 2.04. The van der Waals surface area contributed by atoms with Crippen LogP contribution in [0.5, 0.6) is 0 Å². The van der Waals surface area contributed by atoms with Gasteiger partial charge in [-0.25, -0.2) is 4.79 Å². The second kappa shape index (κ2) is 6.70. The van der Waals surface area contributed by atoms with Gasteiger partial charge in [-0.15, -0.1) is 0 Å². The minimum Gasteiger partial charge on any atom is -0.465 e. The molecular weight excluding hydrogens is 252 g/mol. The third-order valence-electron chi connectivity index (χ3n) is 3.15. The lowest BCUT2D eigenvalue weighted by atomic mass is 10.1. The monoisotopic (exact) mass is 270 g/mol. The zero-order valence-corrected chi connectivity index (χ0v) is 11.7. The van der Waals surface area contributed by atoms with E-state index in [4.69, 9.17) is 4.74 Å². The first-order valence-corrected chi connectivity index (χ1v) is 6.50. The maximum Gasteiger partial charge on any atom is 0.339 e. The predicted molar refractivity (Wildman–Crippen MR) is 79.0 cm³/mol. The number of hydrogen-bond acceptors (Lipinski definition) is 4. The molecule has 0 aliphatic carbocycles. The van der Waals surface area contributed by atoms with Crippen molar-refractivity contribution in [2.45, 2.75) is 6.42 Å². The van der Waals surface area contributed by atoms with Crippen molar-refractivity contribution in [2.75, 3.05) is 25.6 Å². The average molecular weight is 270 g/mol. The van der Waals surface area contributed by atoms with Gasteiger partial charge in [0.1, 0.15) is 0 Å². The van der Waals surface area contributed by atoms with E-state index in [0.717, 1.165) is 24.3 Å². The lowest BCUT2D eigenvalue weighted by Gasteiger charge is -2.21. The summed E-state index contributed by atoms with van der Waals surface area (Å²) in [4.78, 5) is 18.1. The number of esters is 1. The van der Waals surface area contributed by atoms with Gasteiger partial charge in [0.15, 0.2) is 0 Å². The summed E-state index contributed by atoms with van der Waals surface area (Å²) in [6.45, 7) is 0.783. The molecule has 0 saturated carbocycles. The van der Waals surface area contributed by atoms with Gasteiger partial charge in [0, 0.05) is 31.9 Å². The molecular formula is C16H18N2O2. The molecule has 2 aromatic rings. The van der Waals surface area contributed by atoms with Crippen molar-refractivity contribution in [3.8, 4) is 0 Å². The SMILES string of the molecule is COC(=O)c1ccccc1N(C)CCc1ccccn1. The number of carbonyl (C=O) groups excluding carboxylic acids is 1. The first kappa shape index (κ1) is 14.1. The van der Waals surface area contributed by atoms with E-state index in [1.165, 1.54) is 7.11 Å². The van der Waals surface area contributed by atoms with Crippen molar-refractivity contribution in [1.29, 1.82) is 0 Å². The zero-order chi connectivity index (χ0) is 14.4. The van der Waals surface area contributed by atoms with Crippen molar-refractivity contribution in [1.82, 2.24) is 4.98 Å². The fraction of sp³-hybridized carbons (Fsp3) is 0.250. The second-order valence-electron chi connectivity index (χ2n) is 4.50. The maximum absolute atomic E-state index is 11.8. The van der Waals surface area contributed by atoms with Crippen LogP contribution in [-0.4, -0.2) is 31.7 Å². The lowest BCUT2D eigenvalue weighted by molar-refractivity contribution is 0.0601. The molecule has 0 fully saturated rings. The summed E-state index contributed by atoms with van der Waals surface area (Å²) in [6, 6.07) is 13.3. The summed E-state index contributed by atoms with van der Waals surface area (Å²) in [7, 11) is 3.36. The molecule has 0 aliphatic heterocycles. The van der Waals surface area contributed by atoms with E-state index in [1.807, 2.05) is 48.3 Å². The third kappa shape index (κ3) is 3.35. The van der Waals surface area contributed by atoms with Gasteiger partial charge in [-0.2, -0.15) is 0 Å². The summed E-state index contributed by atoms with van der Waals surface area (Å²) in [5.41, 5.74) is 2.49. The van der Waals surface area contributed by atoms with Gasteiger partial charge in [0.05, 0.1) is 18.4 Å². The first-order valence-electron chi connectivity index (χ1n) is 6.50. The Morgan fingerprint density at radius 2 is 1.95 bits per heavy atom. The topological polar surface area (TPSA) is 42.4 Å². The van der Waals surface area contributed by atoms with Crippen LogP contribution in [0.15, 0.2) is 48.7 Å². The number of nitrogens with zero attached hydrogens (tertiary/aromatic N) is 2. The molecule has 0 saturated heterocycles. The Morgan fingerprint density at radius 3 is 2.65 bits per heavy atom. The van der Waals surface area contributed by atoms with Crippen LogP contribution in [0.1, 0.15) is 16.1 Å². The molecule has 0 radical (unpaired) electrons. The van der Waals surface area contributed by atoms with E-state index in [2.05, 4.69) is 4.98 Å². The molecule has 1 aromatic heterocycles. The Balaban J connectivity index is 2.09. The van der Waals surface area contributed by atoms with Crippen molar-refractivity contribution >= 4 is 11.7 Å². The number of para-hydroxylation sites is 1. The van der Waals surface area contributed by atoms with Crippen LogP contribution in [0.3, 0.4) is 0 Å². The van der Waals surface area contributed by atoms with E-state index in [1.54, 1.807) is 12.3 Å². The number of anilines is 1. The third-order valence-corrected chi connectivity index (χ3v) is 3.15. The summed E-state index contributed by atoms with van der Waals surface area (Å²) in [5.74, 6) is -0.315. The molecule has 20 heavy (non-hydrogen) atoms. The molecule has 1 aromatic carbocycles. The lowest BCUT2D eigenvalue weighted by Crippen LogP contribution is -2.23. The highest BCUT2D eigenvalue weighted by atomic mass is 16.5. The van der Waals surface area contributed by atoms with Gasteiger partial charge < -0.3 is 9.64 Å². The Morgan fingerprint density at radius 1 is 1.20 bits per heavy atom. The van der Waals surface area contributed by atoms with Gasteiger partial charge in [0.2, 0.25) is 0 Å². The van der Waals surface area contributed by atoms with Crippen molar-refractivity contribution in [2.24, 2.45) is 0 Å². The molecule has 0 bridgehead atoms. The molecule has 0 spiro atoms. The van der Waals surface area contributed by atoms with Crippen LogP contribution in [-0.2, 0) is 11.2 Å². The number of aromatic nitrogens is 1. The standard InChI is InChI=1S/C16H18N2O2/c1-18(12-10-13-7-5-6-11-17-13)15-9-4-3-8-14(15)16(19)20-2/h3-9,11H,10,12H2,1-2H3. The summed E-state index contributed by atoms with van der Waals surface area (Å²) < 4.78 is 4.81. The van der Waals surface area contributed by atoms with E-state index >= 15 is 0 Å². The smallest absolute Gasteiger partial charge is 0.339 e. The number of pyridine rings is 1. The van der Waals surface area contributed by atoms with E-state index < -0.39 is 0 Å². The molecule has 0 amide bonds. The number of likely N-dealkylation sites (N-methyl/N-ethyl adjacent to an activating group) is 1. The summed E-state index contributed by atoms with van der Waals surface area (Å²) >= 11 is 0. The van der Waals surface area contributed by atoms with Crippen LogP contribution in [0, 0.1) is 0 Å². The molecule has 0 unspecified atom stereocenters. The number of benzene rings is 1. The number of methoxy groups -OCH3 is 1. The summed E-state index contributed by atoms with van der Waals surface area (Å²) in [6.07, 6.45) is 2.62. The molecule has 104 valence electrons. The Bertz CT molecular complexity index is 570. The highest BCUT2D eigenvalue weighted by molar-refractivity contribution is 5.95. The highest BCUT2D eigenvalue weighted by Gasteiger charge is 2.13. The molecule has 0 atom stereocenters. The summed E-state index contributed by atoms with van der Waals surface area (Å²) in [5, 5.41) is 0. The highest BCUT2D eigenvalue weighted by Crippen LogP contribution is 2.20. The van der Waals surface area contributed by atoms with Gasteiger partial charge >= 0.3 is 5.97 Å². The van der Waals surface area contributed by atoms with E-state index in [9.17, 15) is 4.79 Å². The minimum atomic E-state index is -0.315. The van der Waals surface area contributed by atoms with Gasteiger partial charge in [0.25, 0.3) is 0 Å². The van der Waals surface area contributed by atoms with Crippen molar-refractivity contribution < 1.29 is 9.53 Å². The largest absolute Gasteiger partial charge is 0.465 e. The van der Waals surface area contributed by atoms with Crippen LogP contribution in [0.2, 0.25) is 0 Å². The van der Waals surface area contributed by atoms with Crippen molar-refractivity contribution in [3.05, 3.63) is 59.9 Å². The second-order valence-corrected chi connectivity index (χ2v) is 4.50. The van der Waals surface area contributed by atoms with Crippen LogP contribution in [0.4, 0.5) is 5.69 Å². The van der Waals surface area contributed by atoms with Crippen LogP contribution < -0.4 is 4.90 Å². The number of hydrogen-bond donors (Lipinski definition) is 0. The molecule has 0 N–H and O–H groups in total. The quantitative estimate of drug-likeness (QED) is 0.783. The Labute approximate surface area is 119 Å². The van der Waals surface area contributed by atoms with E-state index in [0.29, 0.717) is 5.56 Å². The fourth-order valence-electron chi connectivity index (χ4n) is 2.04. The van der Waals surface area contributed by atoms with Crippen molar-refractivity contribution in [3.63, 3.8) is 0 Å². The number of carbonyl (C=O) groups is 1. The van der Waals surface area contributed by atoms with Crippen LogP contribution in [0.25, 0.3) is 0 Å². The number of rotatable bonds is 5. The molecule has 1 heterocycles.